The van der Waals surface area contributed by atoms with Gasteiger partial charge in [-0.05, 0) is 55.2 Å². The molecular formula is C24H20F5N5. The molecule has 0 unspecified atom stereocenters. The number of aromatic nitrogens is 4. The number of halogens is 5. The van der Waals surface area contributed by atoms with E-state index in [-0.39, 0.29) is 17.0 Å². The summed E-state index contributed by atoms with van der Waals surface area (Å²) in [5, 5.41) is 7.75. The monoisotopic (exact) mass is 473 g/mol. The van der Waals surface area contributed by atoms with Crippen LogP contribution >= 0.6 is 0 Å². The van der Waals surface area contributed by atoms with Crippen LogP contribution in [-0.2, 0) is 0 Å². The molecule has 0 aliphatic heterocycles. The van der Waals surface area contributed by atoms with Gasteiger partial charge in [0.15, 0.2) is 0 Å². The Morgan fingerprint density at radius 3 is 2.62 bits per heavy atom. The van der Waals surface area contributed by atoms with Crippen LogP contribution < -0.4 is 4.90 Å². The van der Waals surface area contributed by atoms with Gasteiger partial charge in [0.1, 0.15) is 18.0 Å². The average Bonchev–Trinajstić information content (AvgIpc) is 3.44. The lowest BCUT2D eigenvalue weighted by atomic mass is 9.99. The largest absolute Gasteiger partial charge is 0.320 e. The molecule has 0 atom stereocenters. The molecule has 5 rings (SSSR count). The summed E-state index contributed by atoms with van der Waals surface area (Å²) in [5.41, 5.74) is 0.811. The van der Waals surface area contributed by atoms with Crippen molar-refractivity contribution in [3.05, 3.63) is 66.2 Å². The van der Waals surface area contributed by atoms with Crippen LogP contribution in [0.2, 0.25) is 0 Å². The minimum absolute atomic E-state index is 0.0288. The van der Waals surface area contributed by atoms with Gasteiger partial charge in [0.25, 0.3) is 12.2 Å². The van der Waals surface area contributed by atoms with Gasteiger partial charge < -0.3 is 4.90 Å². The van der Waals surface area contributed by atoms with Crippen LogP contribution in [0.1, 0.15) is 25.3 Å². The highest BCUT2D eigenvalue weighted by atomic mass is 19.3. The maximum absolute atomic E-state index is 15.0. The molecule has 2 heterocycles. The van der Waals surface area contributed by atoms with Crippen molar-refractivity contribution >= 4 is 33.8 Å². The molecular weight excluding hydrogens is 453 g/mol. The molecule has 4 aromatic rings. The number of benzene rings is 2. The second-order valence-electron chi connectivity index (χ2n) is 8.48. The van der Waals surface area contributed by atoms with Crippen LogP contribution in [0, 0.1) is 11.2 Å². The third kappa shape index (κ3) is 3.86. The second-order valence-corrected chi connectivity index (χ2v) is 8.48. The van der Waals surface area contributed by atoms with Gasteiger partial charge in [0.05, 0.1) is 17.4 Å². The van der Waals surface area contributed by atoms with Gasteiger partial charge in [-0.3, -0.25) is 4.40 Å². The number of hydrogen-bond donors (Lipinski definition) is 0. The van der Waals surface area contributed by atoms with E-state index in [1.165, 1.54) is 27.8 Å². The van der Waals surface area contributed by atoms with Crippen molar-refractivity contribution in [1.82, 2.24) is 19.6 Å². The van der Waals surface area contributed by atoms with Gasteiger partial charge in [0.2, 0.25) is 6.43 Å². The van der Waals surface area contributed by atoms with E-state index in [1.54, 1.807) is 43.3 Å². The lowest BCUT2D eigenvalue weighted by Gasteiger charge is -2.26. The van der Waals surface area contributed by atoms with Crippen molar-refractivity contribution in [2.24, 2.45) is 5.41 Å². The van der Waals surface area contributed by atoms with Crippen LogP contribution in [-0.4, -0.2) is 39.0 Å². The van der Waals surface area contributed by atoms with E-state index < -0.39 is 30.6 Å². The molecule has 34 heavy (non-hydrogen) atoms. The van der Waals surface area contributed by atoms with Crippen LogP contribution in [0.3, 0.4) is 0 Å². The Morgan fingerprint density at radius 1 is 1.15 bits per heavy atom. The summed E-state index contributed by atoms with van der Waals surface area (Å²) < 4.78 is 70.7. The van der Waals surface area contributed by atoms with E-state index in [1.807, 2.05) is 0 Å². The highest BCUT2D eigenvalue weighted by molar-refractivity contribution is 5.94. The zero-order valence-corrected chi connectivity index (χ0v) is 18.1. The van der Waals surface area contributed by atoms with Crippen molar-refractivity contribution in [2.75, 3.05) is 11.4 Å². The number of hydrogen-bond acceptors (Lipinski definition) is 4. The first-order valence-corrected chi connectivity index (χ1v) is 10.7. The van der Waals surface area contributed by atoms with E-state index in [0.29, 0.717) is 35.2 Å². The predicted molar refractivity (Wildman–Crippen MR) is 119 cm³/mol. The summed E-state index contributed by atoms with van der Waals surface area (Å²) in [4.78, 5) is 5.57. The molecule has 176 valence electrons. The maximum atomic E-state index is 15.0. The van der Waals surface area contributed by atoms with E-state index in [4.69, 9.17) is 0 Å². The number of nitrogens with zero attached hydrogens (tertiary/aromatic N) is 5. The summed E-state index contributed by atoms with van der Waals surface area (Å²) in [5.74, 6) is -0.527. The molecule has 5 nitrogen and oxygen atoms in total. The number of rotatable bonds is 7. The maximum Gasteiger partial charge on any atom is 0.257 e. The molecule has 0 amide bonds. The van der Waals surface area contributed by atoms with Crippen molar-refractivity contribution in [2.45, 2.75) is 32.6 Å². The SMILES string of the molecule is CC(=CC1(C(F)F)CC1)c1cccc(N(CC(F)F)c2nc3nncn3c3cccc(F)c23)c1. The van der Waals surface area contributed by atoms with Gasteiger partial charge in [-0.1, -0.05) is 24.3 Å². The first kappa shape index (κ1) is 22.2. The molecule has 2 aromatic heterocycles. The van der Waals surface area contributed by atoms with E-state index in [9.17, 15) is 22.0 Å². The molecule has 1 fully saturated rings. The zero-order chi connectivity index (χ0) is 24.0. The van der Waals surface area contributed by atoms with Crippen LogP contribution in [0.25, 0.3) is 22.3 Å². The summed E-state index contributed by atoms with van der Waals surface area (Å²) in [7, 11) is 0. The lowest BCUT2D eigenvalue weighted by Crippen LogP contribution is -2.25. The summed E-state index contributed by atoms with van der Waals surface area (Å²) in [6.07, 6.45) is -1.47. The summed E-state index contributed by atoms with van der Waals surface area (Å²) >= 11 is 0. The average molecular weight is 473 g/mol. The normalized spacial score (nSPS) is 15.6. The van der Waals surface area contributed by atoms with Gasteiger partial charge in [-0.15, -0.1) is 10.2 Å². The van der Waals surface area contributed by atoms with Gasteiger partial charge in [0, 0.05) is 11.1 Å². The smallest absolute Gasteiger partial charge is 0.257 e. The van der Waals surface area contributed by atoms with Crippen LogP contribution in [0.4, 0.5) is 33.5 Å². The Morgan fingerprint density at radius 2 is 1.91 bits per heavy atom. The van der Waals surface area contributed by atoms with Crippen molar-refractivity contribution in [3.8, 4) is 0 Å². The Balaban J connectivity index is 1.66. The molecule has 10 heteroatoms. The Kier molecular flexibility index (Phi) is 5.45. The molecule has 1 saturated carbocycles. The molecule has 0 N–H and O–H groups in total. The first-order chi connectivity index (χ1) is 16.3. The topological polar surface area (TPSA) is 46.3 Å². The first-order valence-electron chi connectivity index (χ1n) is 10.7. The summed E-state index contributed by atoms with van der Waals surface area (Å²) in [6.45, 7) is 0.961. The minimum atomic E-state index is -2.76. The third-order valence-electron chi connectivity index (χ3n) is 6.17. The van der Waals surface area contributed by atoms with Crippen LogP contribution in [0.15, 0.2) is 54.9 Å². The van der Waals surface area contributed by atoms with Crippen molar-refractivity contribution in [3.63, 3.8) is 0 Å². The summed E-state index contributed by atoms with van der Waals surface area (Å²) in [6, 6.07) is 11.0. The number of allylic oxidation sites excluding steroid dienone is 2. The van der Waals surface area contributed by atoms with E-state index >= 15 is 0 Å². The standard InChI is InChI=1S/C24H20F5N5/c1-14(11-24(8-9-24)22(28)29)15-4-2-5-16(10-15)33(12-19(26)27)21-20-17(25)6-3-7-18(20)34-13-30-32-23(34)31-21/h2-7,10-11,13,19,22H,8-9,12H2,1H3. The molecule has 2 aromatic carbocycles. The minimum Gasteiger partial charge on any atom is -0.320 e. The molecule has 0 spiro atoms. The third-order valence-corrected chi connectivity index (χ3v) is 6.17. The number of alkyl halides is 4. The molecule has 1 aliphatic rings. The Bertz CT molecular complexity index is 1390. The van der Waals surface area contributed by atoms with Gasteiger partial charge >= 0.3 is 0 Å². The molecule has 1 aliphatic carbocycles. The molecule has 0 radical (unpaired) electrons. The fraction of sp³-hybridized carbons (Fsp3) is 0.292. The fourth-order valence-electron chi connectivity index (χ4n) is 4.21. The van der Waals surface area contributed by atoms with Gasteiger partial charge in [-0.2, -0.15) is 4.98 Å². The molecule has 0 saturated heterocycles. The van der Waals surface area contributed by atoms with Crippen LogP contribution in [0.5, 0.6) is 0 Å². The zero-order valence-electron chi connectivity index (χ0n) is 18.1. The lowest BCUT2D eigenvalue weighted by molar-refractivity contribution is 0.0875. The quantitative estimate of drug-likeness (QED) is 0.297. The van der Waals surface area contributed by atoms with Gasteiger partial charge in [-0.25, -0.2) is 22.0 Å². The predicted octanol–water partition coefficient (Wildman–Crippen LogP) is 6.27. The number of fused-ring (bicyclic) bond motifs is 3. The van der Waals surface area contributed by atoms with Crippen molar-refractivity contribution in [1.29, 1.82) is 0 Å². The Hall–Kier alpha value is -3.56. The Labute approximate surface area is 191 Å². The second kappa shape index (κ2) is 8.34. The van der Waals surface area contributed by atoms with Crippen molar-refractivity contribution < 1.29 is 22.0 Å². The van der Waals surface area contributed by atoms with E-state index in [0.717, 1.165) is 0 Å². The highest BCUT2D eigenvalue weighted by Crippen LogP contribution is 2.53. The van der Waals surface area contributed by atoms with E-state index in [2.05, 4.69) is 15.2 Å². The fourth-order valence-corrected chi connectivity index (χ4v) is 4.21. The molecule has 0 bridgehead atoms. The highest BCUT2D eigenvalue weighted by Gasteiger charge is 2.49. The number of anilines is 2.